The van der Waals surface area contributed by atoms with Crippen LogP contribution in [0.5, 0.6) is 5.75 Å². The van der Waals surface area contributed by atoms with Crippen molar-refractivity contribution in [1.82, 2.24) is 9.80 Å². The number of ether oxygens (including phenoxy) is 2. The molecule has 0 spiro atoms. The van der Waals surface area contributed by atoms with E-state index >= 15 is 0 Å². The van der Waals surface area contributed by atoms with Crippen LogP contribution in [-0.2, 0) is 11.3 Å². The third kappa shape index (κ3) is 6.11. The Morgan fingerprint density at radius 2 is 1.75 bits per heavy atom. The third-order valence-corrected chi connectivity index (χ3v) is 6.48. The number of hydrogen-bond donors (Lipinski definition) is 0. The molecule has 0 aromatic heterocycles. The van der Waals surface area contributed by atoms with E-state index in [1.165, 1.54) is 5.56 Å². The fourth-order valence-electron chi connectivity index (χ4n) is 4.99. The van der Waals surface area contributed by atoms with Gasteiger partial charge in [0.1, 0.15) is 12.4 Å². The highest BCUT2D eigenvalue weighted by atomic mass is 16.5. The van der Waals surface area contributed by atoms with Gasteiger partial charge in [-0.1, -0.05) is 35.9 Å². The van der Waals surface area contributed by atoms with E-state index in [0.717, 1.165) is 56.9 Å². The molecule has 2 aliphatic heterocycles. The number of hydrogen-bond acceptors (Lipinski definition) is 4. The van der Waals surface area contributed by atoms with Gasteiger partial charge < -0.3 is 14.4 Å². The normalized spacial score (nSPS) is 22.7. The molecule has 0 bridgehead atoms. The number of carbonyl (C=O) groups is 1. The van der Waals surface area contributed by atoms with Crippen LogP contribution in [0.4, 0.5) is 0 Å². The lowest BCUT2D eigenvalue weighted by Gasteiger charge is -2.39. The molecule has 2 aromatic carbocycles. The zero-order valence-electron chi connectivity index (χ0n) is 19.6. The van der Waals surface area contributed by atoms with Crippen molar-refractivity contribution in [2.75, 3.05) is 32.7 Å². The standard InChI is InChI=1S/C27H36N2O3/c1-20-6-4-7-24(14-20)19-31-26-9-5-8-25(15-26)27(30)29-12-10-23(11-13-29)18-28-16-21(2)32-22(3)17-28/h4-9,14-15,21-23H,10-13,16-19H2,1-3H3. The third-order valence-electron chi connectivity index (χ3n) is 6.48. The SMILES string of the molecule is Cc1cccc(COc2cccc(C(=O)N3CCC(CN4CC(C)OC(C)C4)CC3)c2)c1. The molecule has 32 heavy (non-hydrogen) atoms. The van der Waals surface area contributed by atoms with E-state index in [1.54, 1.807) is 0 Å². The predicted octanol–water partition coefficient (Wildman–Crippen LogP) is 4.54. The van der Waals surface area contributed by atoms with Crippen LogP contribution in [-0.4, -0.2) is 60.6 Å². The second-order valence-electron chi connectivity index (χ2n) is 9.52. The molecule has 5 heteroatoms. The van der Waals surface area contributed by atoms with Crippen molar-refractivity contribution < 1.29 is 14.3 Å². The summed E-state index contributed by atoms with van der Waals surface area (Å²) >= 11 is 0. The summed E-state index contributed by atoms with van der Waals surface area (Å²) in [5.74, 6) is 1.50. The number of piperidine rings is 1. The van der Waals surface area contributed by atoms with E-state index < -0.39 is 0 Å². The fraction of sp³-hybridized carbons (Fsp3) is 0.519. The Bertz CT molecular complexity index is 897. The minimum atomic E-state index is 0.109. The van der Waals surface area contributed by atoms with Gasteiger partial charge in [0.05, 0.1) is 12.2 Å². The van der Waals surface area contributed by atoms with Crippen LogP contribution >= 0.6 is 0 Å². The van der Waals surface area contributed by atoms with Gasteiger partial charge in [-0.15, -0.1) is 0 Å². The Kier molecular flexibility index (Phi) is 7.48. The van der Waals surface area contributed by atoms with E-state index in [1.807, 2.05) is 35.2 Å². The Labute approximate surface area is 192 Å². The van der Waals surface area contributed by atoms with Crippen molar-refractivity contribution in [3.05, 3.63) is 65.2 Å². The summed E-state index contributed by atoms with van der Waals surface area (Å²) in [4.78, 5) is 17.6. The van der Waals surface area contributed by atoms with Crippen molar-refractivity contribution in [1.29, 1.82) is 0 Å². The first-order chi connectivity index (χ1) is 15.5. The maximum atomic E-state index is 13.1. The number of rotatable bonds is 6. The lowest BCUT2D eigenvalue weighted by molar-refractivity contribution is -0.0728. The summed E-state index contributed by atoms with van der Waals surface area (Å²) in [6.07, 6.45) is 2.74. The van der Waals surface area contributed by atoms with Crippen LogP contribution in [0.3, 0.4) is 0 Å². The van der Waals surface area contributed by atoms with E-state index in [4.69, 9.17) is 9.47 Å². The molecule has 2 saturated heterocycles. The lowest BCUT2D eigenvalue weighted by atomic mass is 9.95. The first-order valence-electron chi connectivity index (χ1n) is 11.9. The minimum Gasteiger partial charge on any atom is -0.489 e. The number of benzene rings is 2. The Morgan fingerprint density at radius 1 is 1.03 bits per heavy atom. The van der Waals surface area contributed by atoms with Crippen LogP contribution in [0.25, 0.3) is 0 Å². The molecule has 5 nitrogen and oxygen atoms in total. The molecule has 0 N–H and O–H groups in total. The van der Waals surface area contributed by atoms with Gasteiger partial charge in [-0.2, -0.15) is 0 Å². The molecular weight excluding hydrogens is 400 g/mol. The average Bonchev–Trinajstić information content (AvgIpc) is 2.77. The van der Waals surface area contributed by atoms with Crippen LogP contribution in [0.15, 0.2) is 48.5 Å². The van der Waals surface area contributed by atoms with Gasteiger partial charge in [-0.05, 0) is 63.3 Å². The molecule has 0 saturated carbocycles. The number of aryl methyl sites for hydroxylation is 1. The largest absolute Gasteiger partial charge is 0.489 e. The van der Waals surface area contributed by atoms with Gasteiger partial charge in [-0.3, -0.25) is 9.69 Å². The fourth-order valence-corrected chi connectivity index (χ4v) is 4.99. The smallest absolute Gasteiger partial charge is 0.253 e. The first kappa shape index (κ1) is 22.8. The van der Waals surface area contributed by atoms with Crippen molar-refractivity contribution in [3.8, 4) is 5.75 Å². The van der Waals surface area contributed by atoms with E-state index in [2.05, 4.69) is 43.9 Å². The van der Waals surface area contributed by atoms with Crippen LogP contribution in [0.2, 0.25) is 0 Å². The van der Waals surface area contributed by atoms with Crippen LogP contribution in [0.1, 0.15) is 48.2 Å². The molecule has 0 radical (unpaired) electrons. The number of likely N-dealkylation sites (tertiary alicyclic amines) is 1. The van der Waals surface area contributed by atoms with Crippen molar-refractivity contribution in [2.24, 2.45) is 5.92 Å². The van der Waals surface area contributed by atoms with Gasteiger partial charge in [0.2, 0.25) is 0 Å². The molecule has 2 aliphatic rings. The Balaban J connectivity index is 1.28. The average molecular weight is 437 g/mol. The molecule has 0 aliphatic carbocycles. The van der Waals surface area contributed by atoms with Gasteiger partial charge in [0.15, 0.2) is 0 Å². The van der Waals surface area contributed by atoms with Gasteiger partial charge >= 0.3 is 0 Å². The summed E-state index contributed by atoms with van der Waals surface area (Å²) in [7, 11) is 0. The summed E-state index contributed by atoms with van der Waals surface area (Å²) in [6.45, 7) is 11.7. The highest BCUT2D eigenvalue weighted by Gasteiger charge is 2.28. The van der Waals surface area contributed by atoms with Gasteiger partial charge in [0.25, 0.3) is 5.91 Å². The molecule has 2 unspecified atom stereocenters. The minimum absolute atomic E-state index is 0.109. The highest BCUT2D eigenvalue weighted by Crippen LogP contribution is 2.23. The molecule has 4 rings (SSSR count). The van der Waals surface area contributed by atoms with Gasteiger partial charge in [0, 0.05) is 38.3 Å². The van der Waals surface area contributed by atoms with Gasteiger partial charge in [-0.25, -0.2) is 0 Å². The summed E-state index contributed by atoms with van der Waals surface area (Å²) in [5.41, 5.74) is 3.06. The zero-order chi connectivity index (χ0) is 22.5. The Morgan fingerprint density at radius 3 is 2.47 bits per heavy atom. The van der Waals surface area contributed by atoms with Crippen molar-refractivity contribution in [2.45, 2.75) is 52.4 Å². The maximum Gasteiger partial charge on any atom is 0.253 e. The highest BCUT2D eigenvalue weighted by molar-refractivity contribution is 5.94. The molecule has 172 valence electrons. The zero-order valence-corrected chi connectivity index (χ0v) is 19.6. The van der Waals surface area contributed by atoms with Crippen LogP contribution < -0.4 is 4.74 Å². The Hall–Kier alpha value is -2.37. The number of amides is 1. The molecular formula is C27H36N2O3. The summed E-state index contributed by atoms with van der Waals surface area (Å²) in [6, 6.07) is 15.9. The molecule has 2 heterocycles. The number of morpholine rings is 1. The molecule has 2 fully saturated rings. The van der Waals surface area contributed by atoms with Crippen LogP contribution in [0, 0.1) is 12.8 Å². The molecule has 2 atom stereocenters. The van der Waals surface area contributed by atoms with E-state index in [-0.39, 0.29) is 5.91 Å². The second kappa shape index (κ2) is 10.5. The predicted molar refractivity (Wildman–Crippen MR) is 127 cm³/mol. The molecule has 2 aromatic rings. The molecule has 1 amide bonds. The quantitative estimate of drug-likeness (QED) is 0.667. The van der Waals surface area contributed by atoms with Crippen molar-refractivity contribution >= 4 is 5.91 Å². The maximum absolute atomic E-state index is 13.1. The lowest BCUT2D eigenvalue weighted by Crippen LogP contribution is -2.48. The summed E-state index contributed by atoms with van der Waals surface area (Å²) < 4.78 is 11.8. The monoisotopic (exact) mass is 436 g/mol. The van der Waals surface area contributed by atoms with Crippen molar-refractivity contribution in [3.63, 3.8) is 0 Å². The second-order valence-corrected chi connectivity index (χ2v) is 9.52. The summed E-state index contributed by atoms with van der Waals surface area (Å²) in [5, 5.41) is 0. The first-order valence-corrected chi connectivity index (χ1v) is 11.9. The topological polar surface area (TPSA) is 42.0 Å². The van der Waals surface area contributed by atoms with E-state index in [0.29, 0.717) is 30.3 Å². The number of carbonyl (C=O) groups excluding carboxylic acids is 1. The van der Waals surface area contributed by atoms with E-state index in [9.17, 15) is 4.79 Å². The number of nitrogens with zero attached hydrogens (tertiary/aromatic N) is 2.